The topological polar surface area (TPSA) is 21.3 Å². The molecule has 0 bridgehead atoms. The zero-order valence-corrected chi connectivity index (χ0v) is 15.0. The second kappa shape index (κ2) is 6.40. The predicted molar refractivity (Wildman–Crippen MR) is 87.6 cm³/mol. The molecular weight excluding hydrogens is 337 g/mol. The van der Waals surface area contributed by atoms with Crippen molar-refractivity contribution in [2.75, 3.05) is 0 Å². The second-order valence-corrected chi connectivity index (χ2v) is 8.69. The average molecular weight is 367 g/mol. The Balaban J connectivity index is 2.57. The van der Waals surface area contributed by atoms with E-state index in [0.717, 1.165) is 3.92 Å². The first kappa shape index (κ1) is 16.7. The minimum atomic E-state index is -0.139. The van der Waals surface area contributed by atoms with Crippen LogP contribution in [0.1, 0.15) is 67.2 Å². The van der Waals surface area contributed by atoms with Gasteiger partial charge in [-0.15, -0.1) is 0 Å². The molecule has 1 rings (SSSR count). The summed E-state index contributed by atoms with van der Waals surface area (Å²) in [5.74, 6) is 0. The molecule has 18 heavy (non-hydrogen) atoms. The van der Waals surface area contributed by atoms with Gasteiger partial charge in [-0.2, -0.15) is 0 Å². The molecule has 0 saturated heterocycles. The highest BCUT2D eigenvalue weighted by Gasteiger charge is 2.40. The average Bonchev–Trinajstić information content (AvgIpc) is 2.19. The minimum Gasteiger partial charge on any atom is -0.370 e. The van der Waals surface area contributed by atoms with Crippen molar-refractivity contribution in [3.63, 3.8) is 0 Å². The van der Waals surface area contributed by atoms with Crippen LogP contribution >= 0.6 is 22.6 Å². The number of nitrogens with one attached hydrogen (secondary N) is 1. The first-order valence-corrected chi connectivity index (χ1v) is 8.48. The lowest BCUT2D eigenvalue weighted by atomic mass is 9.84. The number of alkyl halides is 1. The van der Waals surface area contributed by atoms with E-state index < -0.39 is 0 Å². The van der Waals surface area contributed by atoms with E-state index in [1.165, 1.54) is 25.7 Å². The Bertz CT molecular complexity index is 255. The second-order valence-electron chi connectivity index (χ2n) is 6.93. The molecular formula is C15H30INO. The largest absolute Gasteiger partial charge is 0.370 e. The Hall–Kier alpha value is 0.650. The summed E-state index contributed by atoms with van der Waals surface area (Å²) in [6.45, 7) is 13.3. The lowest BCUT2D eigenvalue weighted by molar-refractivity contribution is -0.126. The zero-order chi connectivity index (χ0) is 14.0. The van der Waals surface area contributed by atoms with Crippen LogP contribution in [0.25, 0.3) is 0 Å². The highest BCUT2D eigenvalue weighted by molar-refractivity contribution is 14.1. The van der Waals surface area contributed by atoms with Gasteiger partial charge in [0, 0.05) is 15.5 Å². The molecule has 108 valence electrons. The van der Waals surface area contributed by atoms with Crippen LogP contribution in [-0.2, 0) is 4.74 Å². The predicted octanol–water partition coefficient (Wildman–Crippen LogP) is 4.30. The van der Waals surface area contributed by atoms with E-state index in [2.05, 4.69) is 69.5 Å². The molecule has 0 amide bonds. The van der Waals surface area contributed by atoms with Gasteiger partial charge in [0.25, 0.3) is 0 Å². The lowest BCUT2D eigenvalue weighted by Gasteiger charge is -2.46. The van der Waals surface area contributed by atoms with Gasteiger partial charge in [-0.25, -0.2) is 0 Å². The highest BCUT2D eigenvalue weighted by Crippen LogP contribution is 2.33. The van der Waals surface area contributed by atoms with Gasteiger partial charge >= 0.3 is 0 Å². The monoisotopic (exact) mass is 367 g/mol. The van der Waals surface area contributed by atoms with Gasteiger partial charge in [-0.1, -0.05) is 36.4 Å². The Morgan fingerprint density at radius 1 is 1.06 bits per heavy atom. The number of hydrogen-bond acceptors (Lipinski definition) is 2. The molecule has 0 radical (unpaired) electrons. The molecule has 0 unspecified atom stereocenters. The molecule has 1 aliphatic carbocycles. The third-order valence-electron chi connectivity index (χ3n) is 4.22. The summed E-state index contributed by atoms with van der Waals surface area (Å²) in [5, 5.41) is 3.63. The summed E-state index contributed by atoms with van der Waals surface area (Å²) in [5.41, 5.74) is -0.150. The van der Waals surface area contributed by atoms with Crippen molar-refractivity contribution >= 4 is 22.6 Å². The first-order valence-electron chi connectivity index (χ1n) is 7.23. The summed E-state index contributed by atoms with van der Waals surface area (Å²) in [4.78, 5) is 0. The van der Waals surface area contributed by atoms with Crippen LogP contribution in [0.15, 0.2) is 0 Å². The van der Waals surface area contributed by atoms with Crippen LogP contribution in [-0.4, -0.2) is 27.2 Å². The number of ether oxygens (including phenoxy) is 1. The van der Waals surface area contributed by atoms with Crippen molar-refractivity contribution in [3.05, 3.63) is 0 Å². The third-order valence-corrected chi connectivity index (χ3v) is 5.47. The summed E-state index contributed by atoms with van der Waals surface area (Å²) < 4.78 is 7.28. The molecule has 0 aliphatic heterocycles. The Morgan fingerprint density at radius 2 is 1.56 bits per heavy atom. The molecule has 2 nitrogen and oxygen atoms in total. The maximum atomic E-state index is 6.43. The van der Waals surface area contributed by atoms with E-state index in [1.54, 1.807) is 0 Å². The highest BCUT2D eigenvalue weighted by atomic mass is 127. The summed E-state index contributed by atoms with van der Waals surface area (Å²) in [6, 6.07) is 0.480. The van der Waals surface area contributed by atoms with Crippen molar-refractivity contribution in [1.29, 1.82) is 0 Å². The Morgan fingerprint density at radius 3 is 2.00 bits per heavy atom. The SMILES string of the molecule is CC(C)NC(C)(C)C(C)(C)OC1CCC(I)CC1. The van der Waals surface area contributed by atoms with Crippen LogP contribution in [0.4, 0.5) is 0 Å². The molecule has 0 aromatic carbocycles. The summed E-state index contributed by atoms with van der Waals surface area (Å²) in [6.07, 6.45) is 5.49. The molecule has 1 N–H and O–H groups in total. The van der Waals surface area contributed by atoms with Gasteiger partial charge in [-0.05, 0) is 53.4 Å². The van der Waals surface area contributed by atoms with Gasteiger partial charge in [0.2, 0.25) is 0 Å². The van der Waals surface area contributed by atoms with Crippen LogP contribution < -0.4 is 5.32 Å². The zero-order valence-electron chi connectivity index (χ0n) is 12.8. The fourth-order valence-electron chi connectivity index (χ4n) is 2.60. The maximum Gasteiger partial charge on any atom is 0.0805 e. The summed E-state index contributed by atoms with van der Waals surface area (Å²) >= 11 is 2.57. The van der Waals surface area contributed by atoms with E-state index in [0.29, 0.717) is 12.1 Å². The normalized spacial score (nSPS) is 26.7. The molecule has 1 saturated carbocycles. The van der Waals surface area contributed by atoms with Gasteiger partial charge in [0.05, 0.1) is 11.7 Å². The number of hydrogen-bond donors (Lipinski definition) is 1. The minimum absolute atomic E-state index is 0.0116. The van der Waals surface area contributed by atoms with E-state index in [1.807, 2.05) is 0 Å². The Kier molecular flexibility index (Phi) is 5.94. The van der Waals surface area contributed by atoms with Crippen molar-refractivity contribution in [2.24, 2.45) is 0 Å². The van der Waals surface area contributed by atoms with Gasteiger partial charge in [-0.3, -0.25) is 0 Å². The number of rotatable bonds is 5. The van der Waals surface area contributed by atoms with Crippen molar-refractivity contribution in [3.8, 4) is 0 Å². The van der Waals surface area contributed by atoms with E-state index in [4.69, 9.17) is 4.74 Å². The Labute approximate surface area is 127 Å². The van der Waals surface area contributed by atoms with E-state index in [9.17, 15) is 0 Å². The fraction of sp³-hybridized carbons (Fsp3) is 1.00. The molecule has 0 heterocycles. The van der Waals surface area contributed by atoms with E-state index in [-0.39, 0.29) is 11.1 Å². The van der Waals surface area contributed by atoms with Crippen LogP contribution in [0.3, 0.4) is 0 Å². The molecule has 1 aliphatic rings. The van der Waals surface area contributed by atoms with Crippen LogP contribution in [0.2, 0.25) is 0 Å². The van der Waals surface area contributed by atoms with Crippen molar-refractivity contribution in [1.82, 2.24) is 5.32 Å². The first-order chi connectivity index (χ1) is 8.14. The standard InChI is InChI=1S/C15H30INO/c1-11(2)17-14(3,4)15(5,6)18-13-9-7-12(16)8-10-13/h11-13,17H,7-10H2,1-6H3. The fourth-order valence-corrected chi connectivity index (χ4v) is 3.32. The number of halogens is 1. The van der Waals surface area contributed by atoms with Gasteiger partial charge in [0.15, 0.2) is 0 Å². The van der Waals surface area contributed by atoms with Crippen LogP contribution in [0, 0.1) is 0 Å². The lowest BCUT2D eigenvalue weighted by Crippen LogP contribution is -2.60. The summed E-state index contributed by atoms with van der Waals surface area (Å²) in [7, 11) is 0. The van der Waals surface area contributed by atoms with Crippen LogP contribution in [0.5, 0.6) is 0 Å². The molecule has 3 heteroatoms. The van der Waals surface area contributed by atoms with E-state index >= 15 is 0 Å². The van der Waals surface area contributed by atoms with Crippen molar-refractivity contribution < 1.29 is 4.74 Å². The molecule has 0 spiro atoms. The van der Waals surface area contributed by atoms with Crippen molar-refractivity contribution in [2.45, 2.75) is 94.4 Å². The third kappa shape index (κ3) is 4.64. The molecule has 1 fully saturated rings. The van der Waals surface area contributed by atoms with Gasteiger partial charge in [0.1, 0.15) is 0 Å². The maximum absolute atomic E-state index is 6.43. The molecule has 0 atom stereocenters. The molecule has 0 aromatic heterocycles. The molecule has 0 aromatic rings. The quantitative estimate of drug-likeness (QED) is 0.578. The smallest absolute Gasteiger partial charge is 0.0805 e. The van der Waals surface area contributed by atoms with Gasteiger partial charge < -0.3 is 10.1 Å².